The van der Waals surface area contributed by atoms with Crippen LogP contribution >= 0.6 is 0 Å². The van der Waals surface area contributed by atoms with Crippen LogP contribution in [0.1, 0.15) is 12.5 Å². The second kappa shape index (κ2) is 8.07. The van der Waals surface area contributed by atoms with E-state index < -0.39 is 11.9 Å². The van der Waals surface area contributed by atoms with Crippen molar-refractivity contribution in [2.24, 2.45) is 5.73 Å². The number of carbonyl (C=O) groups excluding carboxylic acids is 1. The van der Waals surface area contributed by atoms with Crippen LogP contribution in [0.15, 0.2) is 47.1 Å². The molecule has 0 saturated heterocycles. The molecule has 1 aromatic carbocycles. The Labute approximate surface area is 171 Å². The number of fused-ring (bicyclic) bond motifs is 1. The number of nitrogens with zero attached hydrogens (tertiary/aromatic N) is 5. The summed E-state index contributed by atoms with van der Waals surface area (Å²) in [7, 11) is 0. The van der Waals surface area contributed by atoms with E-state index in [-0.39, 0.29) is 5.95 Å². The highest BCUT2D eigenvalue weighted by molar-refractivity contribution is 5.82. The van der Waals surface area contributed by atoms with Crippen LogP contribution in [0.5, 0.6) is 0 Å². The van der Waals surface area contributed by atoms with E-state index in [1.165, 1.54) is 4.52 Å². The molecule has 0 spiro atoms. The third kappa shape index (κ3) is 4.14. The first-order chi connectivity index (χ1) is 14.5. The van der Waals surface area contributed by atoms with Crippen molar-refractivity contribution >= 4 is 29.3 Å². The minimum Gasteiger partial charge on any atom is -0.461 e. The summed E-state index contributed by atoms with van der Waals surface area (Å²) in [6.45, 7) is 2.31. The summed E-state index contributed by atoms with van der Waals surface area (Å²) in [6, 6.07) is 10.8. The Morgan fingerprint density at radius 1 is 1.20 bits per heavy atom. The molecule has 0 radical (unpaired) electrons. The SMILES string of the molecule is CC(Nc1ccc(CCNc2nc(N)n3nc(-c4ccco4)nc3n2)cc1)C(N)=O. The van der Waals surface area contributed by atoms with Gasteiger partial charge < -0.3 is 26.5 Å². The van der Waals surface area contributed by atoms with Crippen molar-refractivity contribution in [2.75, 3.05) is 22.9 Å². The maximum atomic E-state index is 11.1. The van der Waals surface area contributed by atoms with Crippen molar-refractivity contribution in [3.63, 3.8) is 0 Å². The number of carbonyl (C=O) groups is 1. The zero-order chi connectivity index (χ0) is 21.1. The molecular formula is C19H21N9O2. The number of nitrogen functional groups attached to an aromatic ring is 1. The molecule has 11 heteroatoms. The first kappa shape index (κ1) is 19.2. The van der Waals surface area contributed by atoms with Gasteiger partial charge in [-0.25, -0.2) is 0 Å². The minimum atomic E-state index is -0.430. The molecule has 3 aromatic heterocycles. The second-order valence-electron chi connectivity index (χ2n) is 6.67. The van der Waals surface area contributed by atoms with E-state index in [0.717, 1.165) is 17.7 Å². The van der Waals surface area contributed by atoms with Crippen molar-refractivity contribution in [1.82, 2.24) is 24.6 Å². The van der Waals surface area contributed by atoms with Gasteiger partial charge in [-0.05, 0) is 43.2 Å². The standard InChI is InChI=1S/C19H21N9O2/c1-11(15(20)29)23-13-6-4-12(5-7-13)8-9-22-18-25-17(21)28-19(26-18)24-16(27-28)14-3-2-10-30-14/h2-7,10-11,23H,8-9H2,1H3,(H2,20,29)(H3,21,22,24,25,26,27). The van der Waals surface area contributed by atoms with Crippen LogP contribution in [0.3, 0.4) is 0 Å². The first-order valence-corrected chi connectivity index (χ1v) is 9.32. The topological polar surface area (TPSA) is 162 Å². The first-order valence-electron chi connectivity index (χ1n) is 9.32. The van der Waals surface area contributed by atoms with Crippen LogP contribution in [0.2, 0.25) is 0 Å². The van der Waals surface area contributed by atoms with Crippen LogP contribution in [-0.2, 0) is 11.2 Å². The Bertz CT molecular complexity index is 1150. The molecular weight excluding hydrogens is 386 g/mol. The number of benzene rings is 1. The van der Waals surface area contributed by atoms with E-state index in [0.29, 0.717) is 29.9 Å². The van der Waals surface area contributed by atoms with Gasteiger partial charge in [-0.2, -0.15) is 19.5 Å². The second-order valence-corrected chi connectivity index (χ2v) is 6.67. The average molecular weight is 407 g/mol. The Hall–Kier alpha value is -4.15. The average Bonchev–Trinajstić information content (AvgIpc) is 3.39. The number of hydrogen-bond donors (Lipinski definition) is 4. The van der Waals surface area contributed by atoms with Crippen LogP contribution in [0.4, 0.5) is 17.6 Å². The van der Waals surface area contributed by atoms with Gasteiger partial charge in [-0.3, -0.25) is 4.79 Å². The molecule has 6 N–H and O–H groups in total. The lowest BCUT2D eigenvalue weighted by Crippen LogP contribution is -2.32. The molecule has 0 bridgehead atoms. The largest absolute Gasteiger partial charge is 0.461 e. The predicted molar refractivity (Wildman–Crippen MR) is 112 cm³/mol. The van der Waals surface area contributed by atoms with Gasteiger partial charge >= 0.3 is 0 Å². The Morgan fingerprint density at radius 3 is 2.70 bits per heavy atom. The summed E-state index contributed by atoms with van der Waals surface area (Å²) in [5.41, 5.74) is 13.2. The van der Waals surface area contributed by atoms with E-state index in [1.807, 2.05) is 24.3 Å². The molecule has 0 fully saturated rings. The molecule has 0 aliphatic heterocycles. The summed E-state index contributed by atoms with van der Waals surface area (Å²) in [5.74, 6) is 1.38. The third-order valence-corrected chi connectivity index (χ3v) is 4.44. The third-order valence-electron chi connectivity index (χ3n) is 4.44. The van der Waals surface area contributed by atoms with Gasteiger partial charge in [-0.15, -0.1) is 5.10 Å². The number of rotatable bonds is 8. The molecule has 4 rings (SSSR count). The number of nitrogens with one attached hydrogen (secondary N) is 2. The van der Waals surface area contributed by atoms with E-state index in [4.69, 9.17) is 15.9 Å². The minimum absolute atomic E-state index is 0.173. The van der Waals surface area contributed by atoms with Crippen molar-refractivity contribution < 1.29 is 9.21 Å². The molecule has 1 atom stereocenters. The normalized spacial score (nSPS) is 12.0. The Balaban J connectivity index is 1.38. The van der Waals surface area contributed by atoms with Crippen molar-refractivity contribution in [1.29, 1.82) is 0 Å². The monoisotopic (exact) mass is 407 g/mol. The number of furan rings is 1. The van der Waals surface area contributed by atoms with Crippen molar-refractivity contribution in [3.8, 4) is 11.6 Å². The molecule has 3 heterocycles. The van der Waals surface area contributed by atoms with Gasteiger partial charge in [0.2, 0.25) is 23.6 Å². The zero-order valence-electron chi connectivity index (χ0n) is 16.2. The molecule has 30 heavy (non-hydrogen) atoms. The Kier molecular flexibility index (Phi) is 5.16. The highest BCUT2D eigenvalue weighted by atomic mass is 16.3. The van der Waals surface area contributed by atoms with E-state index in [1.54, 1.807) is 25.3 Å². The number of primary amides is 1. The fraction of sp³-hybridized carbons (Fsp3) is 0.211. The van der Waals surface area contributed by atoms with Crippen molar-refractivity contribution in [2.45, 2.75) is 19.4 Å². The molecule has 0 aliphatic carbocycles. The summed E-state index contributed by atoms with van der Waals surface area (Å²) in [5, 5.41) is 10.5. The smallest absolute Gasteiger partial charge is 0.259 e. The summed E-state index contributed by atoms with van der Waals surface area (Å²) in [4.78, 5) is 24.0. The van der Waals surface area contributed by atoms with Crippen LogP contribution in [0.25, 0.3) is 17.4 Å². The van der Waals surface area contributed by atoms with Gasteiger partial charge in [0, 0.05) is 12.2 Å². The maximum Gasteiger partial charge on any atom is 0.259 e. The van der Waals surface area contributed by atoms with Crippen molar-refractivity contribution in [3.05, 3.63) is 48.2 Å². The van der Waals surface area contributed by atoms with Crippen LogP contribution in [0, 0.1) is 0 Å². The number of anilines is 3. The molecule has 0 aliphatic rings. The quantitative estimate of drug-likeness (QED) is 0.337. The lowest BCUT2D eigenvalue weighted by atomic mass is 10.1. The summed E-state index contributed by atoms with van der Waals surface area (Å²) in [6.07, 6.45) is 2.29. The summed E-state index contributed by atoms with van der Waals surface area (Å²) < 4.78 is 6.67. The molecule has 4 aromatic rings. The highest BCUT2D eigenvalue weighted by Gasteiger charge is 2.13. The van der Waals surface area contributed by atoms with Gasteiger partial charge in [0.25, 0.3) is 5.78 Å². The lowest BCUT2D eigenvalue weighted by molar-refractivity contribution is -0.118. The molecule has 0 saturated carbocycles. The van der Waals surface area contributed by atoms with E-state index in [9.17, 15) is 4.79 Å². The molecule has 11 nitrogen and oxygen atoms in total. The lowest BCUT2D eigenvalue weighted by Gasteiger charge is -2.12. The number of amides is 1. The van der Waals surface area contributed by atoms with E-state index >= 15 is 0 Å². The van der Waals surface area contributed by atoms with Gasteiger partial charge in [-0.1, -0.05) is 12.1 Å². The molecule has 1 amide bonds. The Morgan fingerprint density at radius 2 is 2.00 bits per heavy atom. The fourth-order valence-electron chi connectivity index (χ4n) is 2.80. The highest BCUT2D eigenvalue weighted by Crippen LogP contribution is 2.17. The predicted octanol–water partition coefficient (Wildman–Crippen LogP) is 1.30. The van der Waals surface area contributed by atoms with Crippen LogP contribution in [-0.4, -0.2) is 43.1 Å². The van der Waals surface area contributed by atoms with E-state index in [2.05, 4.69) is 30.7 Å². The van der Waals surface area contributed by atoms with Gasteiger partial charge in [0.15, 0.2) is 5.76 Å². The van der Waals surface area contributed by atoms with Crippen LogP contribution < -0.4 is 22.1 Å². The number of aromatic nitrogens is 5. The summed E-state index contributed by atoms with van der Waals surface area (Å²) >= 11 is 0. The zero-order valence-corrected chi connectivity index (χ0v) is 16.2. The van der Waals surface area contributed by atoms with Gasteiger partial charge in [0.05, 0.1) is 6.26 Å². The maximum absolute atomic E-state index is 11.1. The van der Waals surface area contributed by atoms with Gasteiger partial charge in [0.1, 0.15) is 6.04 Å². The fourth-order valence-corrected chi connectivity index (χ4v) is 2.80. The molecule has 1 unspecified atom stereocenters. The number of hydrogen-bond acceptors (Lipinski definition) is 9. The molecule has 154 valence electrons. The number of nitrogens with two attached hydrogens (primary N) is 2.